The van der Waals surface area contributed by atoms with Crippen molar-refractivity contribution in [2.24, 2.45) is 0 Å². The molecule has 9 nitrogen and oxygen atoms in total. The molecule has 0 saturated carbocycles. The third kappa shape index (κ3) is 3.78. The van der Waals surface area contributed by atoms with E-state index in [0.717, 1.165) is 28.9 Å². The Morgan fingerprint density at radius 2 is 2.07 bits per heavy atom. The van der Waals surface area contributed by atoms with Crippen molar-refractivity contribution in [2.45, 2.75) is 32.7 Å². The summed E-state index contributed by atoms with van der Waals surface area (Å²) < 4.78 is 0. The first-order valence-corrected chi connectivity index (χ1v) is 9.76. The van der Waals surface area contributed by atoms with E-state index in [4.69, 9.17) is 10.1 Å². The van der Waals surface area contributed by atoms with E-state index in [0.29, 0.717) is 29.1 Å². The van der Waals surface area contributed by atoms with Crippen molar-refractivity contribution in [3.05, 3.63) is 41.2 Å². The first kappa shape index (κ1) is 19.7. The van der Waals surface area contributed by atoms with Crippen molar-refractivity contribution in [3.63, 3.8) is 0 Å². The Hall–Kier alpha value is -3.62. The molecule has 1 aromatic carbocycles. The molecule has 0 bridgehead atoms. The summed E-state index contributed by atoms with van der Waals surface area (Å²) in [5.41, 5.74) is 4.85. The number of anilines is 1. The molecular weight excluding hydrogens is 384 g/mol. The van der Waals surface area contributed by atoms with E-state index in [2.05, 4.69) is 25.9 Å². The molecule has 0 radical (unpaired) electrons. The number of benzene rings is 1. The highest BCUT2D eigenvalue weighted by molar-refractivity contribution is 5.99. The molecule has 1 aliphatic rings. The van der Waals surface area contributed by atoms with Crippen LogP contribution >= 0.6 is 0 Å². The van der Waals surface area contributed by atoms with Gasteiger partial charge in [-0.15, -0.1) is 0 Å². The monoisotopic (exact) mass is 408 g/mol. The number of amides is 2. The Bertz CT molecular complexity index is 1150. The second-order valence-electron chi connectivity index (χ2n) is 8.08. The van der Waals surface area contributed by atoms with Gasteiger partial charge in [0.15, 0.2) is 0 Å². The van der Waals surface area contributed by atoms with Crippen LogP contribution in [0.4, 0.5) is 10.6 Å². The summed E-state index contributed by atoms with van der Waals surface area (Å²) in [7, 11) is 0. The fourth-order valence-electron chi connectivity index (χ4n) is 3.60. The van der Waals surface area contributed by atoms with Gasteiger partial charge < -0.3 is 26.0 Å². The molecule has 2 amide bonds. The molecule has 0 fully saturated rings. The highest BCUT2D eigenvalue weighted by Gasteiger charge is 2.23. The second kappa shape index (κ2) is 7.33. The van der Waals surface area contributed by atoms with Crippen LogP contribution in [0.25, 0.3) is 22.3 Å². The van der Waals surface area contributed by atoms with E-state index >= 15 is 0 Å². The van der Waals surface area contributed by atoms with Crippen molar-refractivity contribution >= 4 is 28.9 Å². The zero-order valence-electron chi connectivity index (χ0n) is 17.1. The van der Waals surface area contributed by atoms with Gasteiger partial charge in [0, 0.05) is 36.5 Å². The number of carbonyl (C=O) groups is 2. The van der Waals surface area contributed by atoms with E-state index in [1.807, 2.05) is 45.0 Å². The molecule has 9 heteroatoms. The number of H-pyrrole nitrogens is 1. The zero-order valence-corrected chi connectivity index (χ0v) is 17.1. The number of aromatic amines is 1. The van der Waals surface area contributed by atoms with Gasteiger partial charge in [0.25, 0.3) is 5.91 Å². The van der Waals surface area contributed by atoms with Gasteiger partial charge in [-0.2, -0.15) is 0 Å². The molecule has 3 aromatic rings. The van der Waals surface area contributed by atoms with E-state index in [9.17, 15) is 9.59 Å². The highest BCUT2D eigenvalue weighted by atomic mass is 16.4. The van der Waals surface area contributed by atoms with Crippen LogP contribution in [-0.4, -0.2) is 50.7 Å². The van der Waals surface area contributed by atoms with Crippen LogP contribution in [0.15, 0.2) is 24.3 Å². The van der Waals surface area contributed by atoms with Crippen LogP contribution in [0.5, 0.6) is 0 Å². The lowest BCUT2D eigenvalue weighted by atomic mass is 10.1. The van der Waals surface area contributed by atoms with Crippen LogP contribution in [0.2, 0.25) is 0 Å². The third-order valence-corrected chi connectivity index (χ3v) is 5.10. The lowest BCUT2D eigenvalue weighted by Gasteiger charge is -2.27. The van der Waals surface area contributed by atoms with Gasteiger partial charge in [-0.3, -0.25) is 4.79 Å². The van der Waals surface area contributed by atoms with Crippen LogP contribution in [0, 0.1) is 6.92 Å². The Labute approximate surface area is 173 Å². The van der Waals surface area contributed by atoms with E-state index < -0.39 is 11.6 Å². The number of aryl methyl sites for hydroxylation is 1. The first-order chi connectivity index (χ1) is 14.2. The van der Waals surface area contributed by atoms with Gasteiger partial charge in [0.05, 0.1) is 22.3 Å². The van der Waals surface area contributed by atoms with Gasteiger partial charge in [0.1, 0.15) is 11.3 Å². The quantitative estimate of drug-likeness (QED) is 0.441. The number of carbonyl (C=O) groups excluding carboxylic acids is 1. The van der Waals surface area contributed by atoms with Crippen molar-refractivity contribution in [3.8, 4) is 11.3 Å². The molecule has 0 saturated heterocycles. The van der Waals surface area contributed by atoms with Gasteiger partial charge in [0.2, 0.25) is 0 Å². The lowest BCUT2D eigenvalue weighted by molar-refractivity contribution is 0.0946. The number of rotatable bonds is 5. The topological polar surface area (TPSA) is 132 Å². The van der Waals surface area contributed by atoms with Crippen LogP contribution in [0.3, 0.4) is 0 Å². The highest BCUT2D eigenvalue weighted by Crippen LogP contribution is 2.30. The molecule has 2 aromatic heterocycles. The summed E-state index contributed by atoms with van der Waals surface area (Å²) in [5, 5.41) is 17.4. The number of nitrogens with zero attached hydrogens (tertiary/aromatic N) is 2. The smallest absolute Gasteiger partial charge is 0.404 e. The second-order valence-corrected chi connectivity index (χ2v) is 8.08. The maximum atomic E-state index is 12.1. The average Bonchev–Trinajstić information content (AvgIpc) is 3.12. The number of para-hydroxylation sites is 1. The number of nitrogens with one attached hydrogen (secondary N) is 4. The fourth-order valence-corrected chi connectivity index (χ4v) is 3.60. The van der Waals surface area contributed by atoms with Gasteiger partial charge in [-0.25, -0.2) is 14.8 Å². The Morgan fingerprint density at radius 1 is 1.27 bits per heavy atom. The van der Waals surface area contributed by atoms with Crippen molar-refractivity contribution in [1.82, 2.24) is 25.6 Å². The molecule has 30 heavy (non-hydrogen) atoms. The number of fused-ring (bicyclic) bond motifs is 2. The maximum Gasteiger partial charge on any atom is 0.404 e. The van der Waals surface area contributed by atoms with Gasteiger partial charge >= 0.3 is 6.09 Å². The van der Waals surface area contributed by atoms with Gasteiger partial charge in [-0.1, -0.05) is 12.1 Å². The SMILES string of the molecule is Cc1nc2cccc(-c3cc4c([nH]3)CCNC4=O)c2nc1NC(C)(C)CNC(=O)O. The van der Waals surface area contributed by atoms with Crippen molar-refractivity contribution < 1.29 is 14.7 Å². The molecule has 0 spiro atoms. The molecule has 3 heterocycles. The summed E-state index contributed by atoms with van der Waals surface area (Å²) in [6, 6.07) is 7.62. The minimum Gasteiger partial charge on any atom is -0.465 e. The molecule has 0 atom stereocenters. The minimum absolute atomic E-state index is 0.0732. The van der Waals surface area contributed by atoms with E-state index in [1.165, 1.54) is 0 Å². The van der Waals surface area contributed by atoms with E-state index in [1.54, 1.807) is 0 Å². The number of carboxylic acid groups (broad SMARTS) is 1. The predicted molar refractivity (Wildman–Crippen MR) is 114 cm³/mol. The Kier molecular flexibility index (Phi) is 4.81. The molecule has 1 aliphatic heterocycles. The van der Waals surface area contributed by atoms with Crippen LogP contribution in [-0.2, 0) is 6.42 Å². The average molecular weight is 408 g/mol. The molecule has 156 valence electrons. The molecule has 0 unspecified atom stereocenters. The summed E-state index contributed by atoms with van der Waals surface area (Å²) in [5.74, 6) is 0.511. The molecule has 0 aliphatic carbocycles. The van der Waals surface area contributed by atoms with Crippen molar-refractivity contribution in [1.29, 1.82) is 0 Å². The van der Waals surface area contributed by atoms with Crippen LogP contribution < -0.4 is 16.0 Å². The minimum atomic E-state index is -1.08. The first-order valence-electron chi connectivity index (χ1n) is 9.76. The third-order valence-electron chi connectivity index (χ3n) is 5.10. The largest absolute Gasteiger partial charge is 0.465 e. The number of hydrogen-bond donors (Lipinski definition) is 5. The standard InChI is InChI=1S/C21H24N6O3/c1-11-18(27-21(2,3)10-23-20(29)30)26-17-12(5-4-6-15(17)24-11)16-9-13-14(25-16)7-8-22-19(13)28/h4-6,9,23,25H,7-8,10H2,1-3H3,(H,22,28)(H,26,27)(H,29,30). The Balaban J connectivity index is 1.75. The molecular formula is C21H24N6O3. The van der Waals surface area contributed by atoms with Gasteiger partial charge in [-0.05, 0) is 32.9 Å². The normalized spacial score (nSPS) is 13.6. The summed E-state index contributed by atoms with van der Waals surface area (Å²) in [4.78, 5) is 35.9. The predicted octanol–water partition coefficient (Wildman–Crippen LogP) is 2.68. The Morgan fingerprint density at radius 3 is 2.80 bits per heavy atom. The van der Waals surface area contributed by atoms with E-state index in [-0.39, 0.29) is 12.5 Å². The maximum absolute atomic E-state index is 12.1. The molecule has 4 rings (SSSR count). The number of hydrogen-bond acceptors (Lipinski definition) is 5. The van der Waals surface area contributed by atoms with Crippen molar-refractivity contribution in [2.75, 3.05) is 18.4 Å². The molecule has 5 N–H and O–H groups in total. The summed E-state index contributed by atoms with van der Waals surface area (Å²) in [6.45, 7) is 6.46. The number of aromatic nitrogens is 3. The summed E-state index contributed by atoms with van der Waals surface area (Å²) >= 11 is 0. The fraction of sp³-hybridized carbons (Fsp3) is 0.333. The lowest BCUT2D eigenvalue weighted by Crippen LogP contribution is -2.44. The summed E-state index contributed by atoms with van der Waals surface area (Å²) in [6.07, 6.45) is -0.318. The zero-order chi connectivity index (χ0) is 21.5. The van der Waals surface area contributed by atoms with Crippen LogP contribution in [0.1, 0.15) is 35.6 Å².